The Kier molecular flexibility index (Phi) is 3.64. The number of hydrogen-bond donors (Lipinski definition) is 1. The molecule has 0 aromatic carbocycles. The molecule has 0 bridgehead atoms. The van der Waals surface area contributed by atoms with Crippen molar-refractivity contribution in [3.05, 3.63) is 29.7 Å². The summed E-state index contributed by atoms with van der Waals surface area (Å²) in [5, 5.41) is 7.11. The van der Waals surface area contributed by atoms with E-state index in [0.717, 1.165) is 37.4 Å². The average Bonchev–Trinajstić information content (AvgIpc) is 3.09. The van der Waals surface area contributed by atoms with Crippen molar-refractivity contribution in [1.29, 1.82) is 0 Å². The van der Waals surface area contributed by atoms with Crippen LogP contribution in [0, 0.1) is 12.8 Å². The fourth-order valence-electron chi connectivity index (χ4n) is 2.51. The van der Waals surface area contributed by atoms with Gasteiger partial charge in [-0.15, -0.1) is 0 Å². The van der Waals surface area contributed by atoms with Crippen LogP contribution in [0.25, 0.3) is 5.65 Å². The minimum Gasteiger partial charge on any atom is -0.381 e. The molecule has 0 radical (unpaired) electrons. The minimum atomic E-state index is -0.0914. The molecule has 1 aliphatic rings. The van der Waals surface area contributed by atoms with Gasteiger partial charge >= 0.3 is 0 Å². The zero-order valence-electron chi connectivity index (χ0n) is 11.5. The van der Waals surface area contributed by atoms with Gasteiger partial charge in [-0.2, -0.15) is 5.10 Å². The summed E-state index contributed by atoms with van der Waals surface area (Å²) >= 11 is 0. The number of aryl methyl sites for hydroxylation is 1. The maximum atomic E-state index is 12.2. The number of fused-ring (bicyclic) bond motifs is 1. The average molecular weight is 274 g/mol. The van der Waals surface area contributed by atoms with Crippen LogP contribution in [0.4, 0.5) is 0 Å². The van der Waals surface area contributed by atoms with Gasteiger partial charge in [-0.1, -0.05) is 0 Å². The molecule has 6 heteroatoms. The van der Waals surface area contributed by atoms with Crippen molar-refractivity contribution < 1.29 is 9.53 Å². The summed E-state index contributed by atoms with van der Waals surface area (Å²) in [6.07, 6.45) is 5.34. The molecule has 3 rings (SSSR count). The second kappa shape index (κ2) is 5.58. The first-order valence-electron chi connectivity index (χ1n) is 6.91. The lowest BCUT2D eigenvalue weighted by molar-refractivity contribution is 0.0949. The molecule has 3 heterocycles. The van der Waals surface area contributed by atoms with E-state index in [4.69, 9.17) is 4.74 Å². The molecule has 2 aromatic heterocycles. The fourth-order valence-corrected chi connectivity index (χ4v) is 2.51. The van der Waals surface area contributed by atoms with Crippen molar-refractivity contribution in [2.45, 2.75) is 19.8 Å². The molecule has 1 aliphatic heterocycles. The smallest absolute Gasteiger partial charge is 0.254 e. The standard InChI is InChI=1S/C14H18N4O2/c1-10-12(8-16-13-3-6-17-18(10)13)14(19)15-5-2-11-4-7-20-9-11/h3,6,8,11H,2,4-5,7,9H2,1H3,(H,15,19)/t11-/m1/s1. The summed E-state index contributed by atoms with van der Waals surface area (Å²) in [6.45, 7) is 4.21. The third-order valence-electron chi connectivity index (χ3n) is 3.76. The van der Waals surface area contributed by atoms with Gasteiger partial charge in [-0.05, 0) is 25.7 Å². The highest BCUT2D eigenvalue weighted by Gasteiger charge is 2.17. The predicted molar refractivity (Wildman–Crippen MR) is 73.6 cm³/mol. The van der Waals surface area contributed by atoms with Gasteiger partial charge in [-0.25, -0.2) is 9.50 Å². The van der Waals surface area contributed by atoms with Gasteiger partial charge in [0.2, 0.25) is 0 Å². The lowest BCUT2D eigenvalue weighted by Gasteiger charge is -2.10. The topological polar surface area (TPSA) is 68.5 Å². The van der Waals surface area contributed by atoms with Crippen LogP contribution in [0.15, 0.2) is 18.5 Å². The summed E-state index contributed by atoms with van der Waals surface area (Å²) in [5.74, 6) is 0.481. The SMILES string of the molecule is Cc1c(C(=O)NCC[C@@H]2CCOC2)cnc2ccnn12. The lowest BCUT2D eigenvalue weighted by atomic mass is 10.1. The van der Waals surface area contributed by atoms with E-state index in [1.54, 1.807) is 16.9 Å². The van der Waals surface area contributed by atoms with Gasteiger partial charge in [0, 0.05) is 32.0 Å². The molecule has 2 aromatic rings. The monoisotopic (exact) mass is 274 g/mol. The summed E-state index contributed by atoms with van der Waals surface area (Å²) in [6, 6.07) is 1.81. The lowest BCUT2D eigenvalue weighted by Crippen LogP contribution is -2.27. The Labute approximate surface area is 117 Å². The number of amides is 1. The Morgan fingerprint density at radius 3 is 3.30 bits per heavy atom. The molecule has 1 fully saturated rings. The van der Waals surface area contributed by atoms with E-state index < -0.39 is 0 Å². The zero-order valence-corrected chi connectivity index (χ0v) is 11.5. The molecule has 1 N–H and O–H groups in total. The van der Waals surface area contributed by atoms with Crippen molar-refractivity contribution in [2.24, 2.45) is 5.92 Å². The van der Waals surface area contributed by atoms with Gasteiger partial charge in [0.25, 0.3) is 5.91 Å². The van der Waals surface area contributed by atoms with E-state index in [1.807, 2.05) is 13.0 Å². The van der Waals surface area contributed by atoms with Crippen LogP contribution in [0.3, 0.4) is 0 Å². The third kappa shape index (κ3) is 2.51. The quantitative estimate of drug-likeness (QED) is 0.909. The summed E-state index contributed by atoms with van der Waals surface area (Å²) in [4.78, 5) is 16.4. The Hall–Kier alpha value is -1.95. The normalized spacial score (nSPS) is 18.6. The first-order valence-corrected chi connectivity index (χ1v) is 6.91. The molecule has 106 valence electrons. The van der Waals surface area contributed by atoms with Gasteiger partial charge < -0.3 is 10.1 Å². The highest BCUT2D eigenvalue weighted by molar-refractivity contribution is 5.95. The van der Waals surface area contributed by atoms with E-state index in [9.17, 15) is 4.79 Å². The van der Waals surface area contributed by atoms with Crippen LogP contribution in [0.2, 0.25) is 0 Å². The molecule has 0 unspecified atom stereocenters. The van der Waals surface area contributed by atoms with Crippen LogP contribution in [0.1, 0.15) is 28.9 Å². The van der Waals surface area contributed by atoms with Crippen molar-refractivity contribution in [1.82, 2.24) is 19.9 Å². The van der Waals surface area contributed by atoms with Gasteiger partial charge in [0.05, 0.1) is 17.5 Å². The van der Waals surface area contributed by atoms with Crippen LogP contribution in [-0.4, -0.2) is 40.3 Å². The number of ether oxygens (including phenoxy) is 1. The summed E-state index contributed by atoms with van der Waals surface area (Å²) in [5.41, 5.74) is 2.13. The molecule has 1 amide bonds. The van der Waals surface area contributed by atoms with Crippen LogP contribution in [-0.2, 0) is 4.74 Å². The Morgan fingerprint density at radius 2 is 2.50 bits per heavy atom. The first-order chi connectivity index (χ1) is 9.75. The van der Waals surface area contributed by atoms with Crippen LogP contribution >= 0.6 is 0 Å². The highest BCUT2D eigenvalue weighted by atomic mass is 16.5. The largest absolute Gasteiger partial charge is 0.381 e. The van der Waals surface area contributed by atoms with E-state index >= 15 is 0 Å². The number of carbonyl (C=O) groups is 1. The van der Waals surface area contributed by atoms with E-state index in [1.165, 1.54) is 0 Å². The number of nitrogens with zero attached hydrogens (tertiary/aromatic N) is 3. The summed E-state index contributed by atoms with van der Waals surface area (Å²) < 4.78 is 7.00. The summed E-state index contributed by atoms with van der Waals surface area (Å²) in [7, 11) is 0. The number of carbonyl (C=O) groups excluding carboxylic acids is 1. The van der Waals surface area contributed by atoms with Gasteiger partial charge in [0.15, 0.2) is 5.65 Å². The van der Waals surface area contributed by atoms with Gasteiger partial charge in [-0.3, -0.25) is 4.79 Å². The molecule has 20 heavy (non-hydrogen) atoms. The number of rotatable bonds is 4. The second-order valence-electron chi connectivity index (χ2n) is 5.13. The molecule has 0 saturated carbocycles. The fraction of sp³-hybridized carbons (Fsp3) is 0.500. The minimum absolute atomic E-state index is 0.0914. The van der Waals surface area contributed by atoms with Crippen molar-refractivity contribution in [3.63, 3.8) is 0 Å². The van der Waals surface area contributed by atoms with Crippen molar-refractivity contribution in [2.75, 3.05) is 19.8 Å². The zero-order chi connectivity index (χ0) is 13.9. The van der Waals surface area contributed by atoms with E-state index in [0.29, 0.717) is 18.0 Å². The Bertz CT molecular complexity index is 617. The maximum absolute atomic E-state index is 12.2. The van der Waals surface area contributed by atoms with Gasteiger partial charge in [0.1, 0.15) is 0 Å². The molecule has 1 atom stereocenters. The number of hydrogen-bond acceptors (Lipinski definition) is 4. The second-order valence-corrected chi connectivity index (χ2v) is 5.13. The maximum Gasteiger partial charge on any atom is 0.254 e. The third-order valence-corrected chi connectivity index (χ3v) is 3.76. The van der Waals surface area contributed by atoms with Crippen LogP contribution < -0.4 is 5.32 Å². The molecule has 0 spiro atoms. The van der Waals surface area contributed by atoms with Crippen molar-refractivity contribution >= 4 is 11.6 Å². The van der Waals surface area contributed by atoms with Crippen LogP contribution in [0.5, 0.6) is 0 Å². The number of nitrogens with one attached hydrogen (secondary N) is 1. The van der Waals surface area contributed by atoms with E-state index in [2.05, 4.69) is 15.4 Å². The molecular weight excluding hydrogens is 256 g/mol. The molecule has 0 aliphatic carbocycles. The highest BCUT2D eigenvalue weighted by Crippen LogP contribution is 2.15. The predicted octanol–water partition coefficient (Wildman–Crippen LogP) is 1.19. The number of aromatic nitrogens is 3. The Morgan fingerprint density at radius 1 is 1.60 bits per heavy atom. The van der Waals surface area contributed by atoms with E-state index in [-0.39, 0.29) is 5.91 Å². The molecule has 6 nitrogen and oxygen atoms in total. The first kappa shape index (κ1) is 13.1. The van der Waals surface area contributed by atoms with Crippen molar-refractivity contribution in [3.8, 4) is 0 Å². The Balaban J connectivity index is 1.64. The molecular formula is C14H18N4O2. The molecule has 1 saturated heterocycles.